The SMILES string of the molecule is N=C(N)c1cccc(CN(CCO)CCO)c1. The highest BCUT2D eigenvalue weighted by Crippen LogP contribution is 2.07. The number of aliphatic hydroxyl groups is 2. The molecule has 1 rings (SSSR count). The zero-order valence-corrected chi connectivity index (χ0v) is 9.76. The maximum absolute atomic E-state index is 8.91. The fourth-order valence-corrected chi connectivity index (χ4v) is 1.65. The quantitative estimate of drug-likeness (QED) is 0.389. The highest BCUT2D eigenvalue weighted by atomic mass is 16.3. The Labute approximate surface area is 101 Å². The predicted octanol–water partition coefficient (Wildman–Crippen LogP) is -0.243. The van der Waals surface area contributed by atoms with Crippen LogP contribution in [0, 0.1) is 5.41 Å². The van der Waals surface area contributed by atoms with Crippen molar-refractivity contribution in [3.05, 3.63) is 35.4 Å². The number of nitrogens with one attached hydrogen (secondary N) is 1. The smallest absolute Gasteiger partial charge is 0.122 e. The number of nitrogen functional groups attached to an aromatic ring is 1. The summed E-state index contributed by atoms with van der Waals surface area (Å²) in [4.78, 5) is 1.94. The van der Waals surface area contributed by atoms with Gasteiger partial charge in [-0.3, -0.25) is 10.3 Å². The summed E-state index contributed by atoms with van der Waals surface area (Å²) in [5.74, 6) is 0.0442. The number of rotatable bonds is 7. The van der Waals surface area contributed by atoms with Crippen molar-refractivity contribution in [1.82, 2.24) is 4.90 Å². The molecule has 0 unspecified atom stereocenters. The van der Waals surface area contributed by atoms with Crippen molar-refractivity contribution in [2.75, 3.05) is 26.3 Å². The summed E-state index contributed by atoms with van der Waals surface area (Å²) >= 11 is 0. The van der Waals surface area contributed by atoms with Crippen molar-refractivity contribution in [3.63, 3.8) is 0 Å². The molecule has 17 heavy (non-hydrogen) atoms. The molecule has 0 atom stereocenters. The summed E-state index contributed by atoms with van der Waals surface area (Å²) in [5, 5.41) is 25.2. The minimum absolute atomic E-state index is 0.0442. The molecule has 0 bridgehead atoms. The molecule has 0 amide bonds. The third-order valence-electron chi connectivity index (χ3n) is 2.48. The first-order valence-corrected chi connectivity index (χ1v) is 5.54. The lowest BCUT2D eigenvalue weighted by atomic mass is 10.1. The van der Waals surface area contributed by atoms with Crippen LogP contribution in [-0.4, -0.2) is 47.3 Å². The Balaban J connectivity index is 2.71. The van der Waals surface area contributed by atoms with E-state index in [9.17, 15) is 0 Å². The van der Waals surface area contributed by atoms with Gasteiger partial charge in [-0.2, -0.15) is 0 Å². The molecule has 0 aromatic heterocycles. The molecule has 0 saturated carbocycles. The van der Waals surface area contributed by atoms with E-state index >= 15 is 0 Å². The molecule has 0 spiro atoms. The van der Waals surface area contributed by atoms with Crippen LogP contribution >= 0.6 is 0 Å². The van der Waals surface area contributed by atoms with Crippen LogP contribution < -0.4 is 5.73 Å². The normalized spacial score (nSPS) is 10.8. The molecule has 5 nitrogen and oxygen atoms in total. The van der Waals surface area contributed by atoms with Crippen LogP contribution in [0.3, 0.4) is 0 Å². The Morgan fingerprint density at radius 3 is 2.41 bits per heavy atom. The van der Waals surface area contributed by atoms with Gasteiger partial charge < -0.3 is 15.9 Å². The minimum atomic E-state index is 0.0442. The van der Waals surface area contributed by atoms with Crippen LogP contribution in [0.1, 0.15) is 11.1 Å². The van der Waals surface area contributed by atoms with Crippen LogP contribution in [0.15, 0.2) is 24.3 Å². The summed E-state index contributed by atoms with van der Waals surface area (Å²) < 4.78 is 0. The highest BCUT2D eigenvalue weighted by Gasteiger charge is 2.05. The number of nitrogens with zero attached hydrogens (tertiary/aromatic N) is 1. The molecule has 94 valence electrons. The van der Waals surface area contributed by atoms with Crippen LogP contribution in [-0.2, 0) is 6.54 Å². The topological polar surface area (TPSA) is 93.6 Å². The summed E-state index contributed by atoms with van der Waals surface area (Å²) in [6.45, 7) is 1.79. The largest absolute Gasteiger partial charge is 0.395 e. The fourth-order valence-electron chi connectivity index (χ4n) is 1.65. The maximum atomic E-state index is 8.91. The van der Waals surface area contributed by atoms with E-state index in [0.29, 0.717) is 25.2 Å². The molecule has 0 heterocycles. The average Bonchev–Trinajstić information content (AvgIpc) is 2.30. The number of amidine groups is 1. The van der Waals surface area contributed by atoms with E-state index in [4.69, 9.17) is 21.4 Å². The van der Waals surface area contributed by atoms with Crippen LogP contribution in [0.25, 0.3) is 0 Å². The Kier molecular flexibility index (Phi) is 5.62. The van der Waals surface area contributed by atoms with E-state index in [1.54, 1.807) is 6.07 Å². The van der Waals surface area contributed by atoms with Gasteiger partial charge in [0.25, 0.3) is 0 Å². The summed E-state index contributed by atoms with van der Waals surface area (Å²) in [6, 6.07) is 7.43. The number of aliphatic hydroxyl groups excluding tert-OH is 2. The number of nitrogens with two attached hydrogens (primary N) is 1. The average molecular weight is 237 g/mol. The molecule has 0 saturated heterocycles. The lowest BCUT2D eigenvalue weighted by Gasteiger charge is -2.20. The number of hydrogen-bond donors (Lipinski definition) is 4. The Bertz CT molecular complexity index is 363. The molecule has 0 aliphatic carbocycles. The molecule has 5 N–H and O–H groups in total. The van der Waals surface area contributed by atoms with E-state index in [1.807, 2.05) is 23.1 Å². The van der Waals surface area contributed by atoms with Gasteiger partial charge in [-0.15, -0.1) is 0 Å². The van der Waals surface area contributed by atoms with Crippen LogP contribution in [0.4, 0.5) is 0 Å². The zero-order chi connectivity index (χ0) is 12.7. The van der Waals surface area contributed by atoms with E-state index < -0.39 is 0 Å². The lowest BCUT2D eigenvalue weighted by Crippen LogP contribution is -2.29. The second kappa shape index (κ2) is 7.01. The first-order valence-electron chi connectivity index (χ1n) is 5.54. The summed E-state index contributed by atoms with van der Waals surface area (Å²) in [7, 11) is 0. The van der Waals surface area contributed by atoms with Gasteiger partial charge in [-0.25, -0.2) is 0 Å². The van der Waals surface area contributed by atoms with Gasteiger partial charge in [0, 0.05) is 25.2 Å². The Morgan fingerprint density at radius 1 is 1.24 bits per heavy atom. The highest BCUT2D eigenvalue weighted by molar-refractivity contribution is 5.95. The predicted molar refractivity (Wildman–Crippen MR) is 66.9 cm³/mol. The first-order chi connectivity index (χ1) is 8.17. The van der Waals surface area contributed by atoms with Crippen LogP contribution in [0.2, 0.25) is 0 Å². The summed E-state index contributed by atoms with van der Waals surface area (Å²) in [5.41, 5.74) is 7.12. The Hall–Kier alpha value is -1.43. The van der Waals surface area contributed by atoms with E-state index in [2.05, 4.69) is 0 Å². The van der Waals surface area contributed by atoms with Gasteiger partial charge in [0.05, 0.1) is 13.2 Å². The second-order valence-electron chi connectivity index (χ2n) is 3.84. The van der Waals surface area contributed by atoms with Crippen molar-refractivity contribution in [2.45, 2.75) is 6.54 Å². The van der Waals surface area contributed by atoms with E-state index in [0.717, 1.165) is 5.56 Å². The molecule has 1 aromatic carbocycles. The first kappa shape index (κ1) is 13.6. The van der Waals surface area contributed by atoms with Crippen LogP contribution in [0.5, 0.6) is 0 Å². The van der Waals surface area contributed by atoms with E-state index in [-0.39, 0.29) is 19.0 Å². The monoisotopic (exact) mass is 237 g/mol. The zero-order valence-electron chi connectivity index (χ0n) is 9.76. The van der Waals surface area contributed by atoms with Crippen molar-refractivity contribution < 1.29 is 10.2 Å². The van der Waals surface area contributed by atoms with E-state index in [1.165, 1.54) is 0 Å². The molecule has 0 aliphatic rings. The molecular weight excluding hydrogens is 218 g/mol. The number of benzene rings is 1. The molecular formula is C12H19N3O2. The standard InChI is InChI=1S/C12H19N3O2/c13-12(14)11-3-1-2-10(8-11)9-15(4-6-16)5-7-17/h1-3,8,16-17H,4-7,9H2,(H3,13,14). The van der Waals surface area contributed by atoms with Gasteiger partial charge in [0.2, 0.25) is 0 Å². The molecule has 1 aromatic rings. The van der Waals surface area contributed by atoms with Gasteiger partial charge in [-0.05, 0) is 11.6 Å². The van der Waals surface area contributed by atoms with Gasteiger partial charge in [0.1, 0.15) is 5.84 Å². The molecule has 0 fully saturated rings. The lowest BCUT2D eigenvalue weighted by molar-refractivity contribution is 0.156. The van der Waals surface area contributed by atoms with Crippen molar-refractivity contribution in [3.8, 4) is 0 Å². The van der Waals surface area contributed by atoms with Crippen molar-refractivity contribution in [2.24, 2.45) is 5.73 Å². The fraction of sp³-hybridized carbons (Fsp3) is 0.417. The third-order valence-corrected chi connectivity index (χ3v) is 2.48. The third kappa shape index (κ3) is 4.52. The van der Waals surface area contributed by atoms with Gasteiger partial charge in [0.15, 0.2) is 0 Å². The molecule has 5 heteroatoms. The van der Waals surface area contributed by atoms with Gasteiger partial charge >= 0.3 is 0 Å². The maximum Gasteiger partial charge on any atom is 0.122 e. The van der Waals surface area contributed by atoms with Crippen molar-refractivity contribution >= 4 is 5.84 Å². The summed E-state index contributed by atoms with van der Waals surface area (Å²) in [6.07, 6.45) is 0. The molecule has 0 aliphatic heterocycles. The number of hydrogen-bond acceptors (Lipinski definition) is 4. The molecule has 0 radical (unpaired) electrons. The van der Waals surface area contributed by atoms with Crippen molar-refractivity contribution in [1.29, 1.82) is 5.41 Å². The second-order valence-corrected chi connectivity index (χ2v) is 3.84. The van der Waals surface area contributed by atoms with Gasteiger partial charge in [-0.1, -0.05) is 18.2 Å². The minimum Gasteiger partial charge on any atom is -0.395 e. The Morgan fingerprint density at radius 2 is 1.88 bits per heavy atom.